The van der Waals surface area contributed by atoms with Crippen LogP contribution in [0, 0.1) is 0 Å². The largest absolute Gasteiger partial charge is 0.480 e. The van der Waals surface area contributed by atoms with Gasteiger partial charge in [0.05, 0.1) is 4.91 Å². The zero-order valence-electron chi connectivity index (χ0n) is 30.3. The number of thiocarbonyl (C=S) groups is 1. The van der Waals surface area contributed by atoms with E-state index in [1.807, 2.05) is 36.4 Å². The minimum atomic E-state index is -1.11. The number of aromatic amines is 2. The van der Waals surface area contributed by atoms with Crippen LogP contribution < -0.4 is 4.90 Å². The number of H-pyrrole nitrogens is 2. The molecule has 7 nitrogen and oxygen atoms in total. The third kappa shape index (κ3) is 6.33. The van der Waals surface area contributed by atoms with Crippen LogP contribution in [0.1, 0.15) is 5.56 Å². The Hall–Kier alpha value is -6.94. The standard InChI is InChI=1S/C48H32N4O3S2/c53-46(54)28-51-47(55)45(57-48(51)56)25-29-9-17-34(18-10-29)52(35-19-11-30(12-20-35)32-15-23-39-37-5-1-3-7-41(37)49-43(39)26-32)36-21-13-31(14-22-36)33-16-24-40-38-6-2-4-8-42(38)50-44(40)27-33/h1-27,49-50H,28H2,(H,53,54)/b45-25+. The summed E-state index contributed by atoms with van der Waals surface area (Å²) in [5.41, 5.74) is 12.6. The second-order valence-electron chi connectivity index (χ2n) is 14.0. The number of aliphatic carboxylic acids is 1. The SMILES string of the molecule is O=C(O)CN1C(=O)/C(=C\c2ccc(N(c3ccc(-c4ccc5c(c4)[nH]c4ccccc45)cc3)c3ccc(-c4ccc5c(c4)[nH]c4ccccc45)cc3)cc2)SC1=S. The lowest BCUT2D eigenvalue weighted by Crippen LogP contribution is -2.33. The molecule has 0 unspecified atom stereocenters. The second-order valence-corrected chi connectivity index (χ2v) is 15.7. The van der Waals surface area contributed by atoms with E-state index in [0.717, 1.165) is 83.6 Å². The smallest absolute Gasteiger partial charge is 0.323 e. The van der Waals surface area contributed by atoms with Crippen molar-refractivity contribution in [1.29, 1.82) is 0 Å². The van der Waals surface area contributed by atoms with E-state index in [-0.39, 0.29) is 4.32 Å². The average molecular weight is 777 g/mol. The molecule has 57 heavy (non-hydrogen) atoms. The van der Waals surface area contributed by atoms with Gasteiger partial charge in [0, 0.05) is 60.7 Å². The van der Waals surface area contributed by atoms with E-state index in [9.17, 15) is 14.7 Å². The Morgan fingerprint density at radius 1 is 0.596 bits per heavy atom. The van der Waals surface area contributed by atoms with Gasteiger partial charge in [-0.05, 0) is 94.6 Å². The number of hydrogen-bond acceptors (Lipinski definition) is 5. The van der Waals surface area contributed by atoms with E-state index in [1.54, 1.807) is 6.08 Å². The van der Waals surface area contributed by atoms with Crippen molar-refractivity contribution in [3.05, 3.63) is 168 Å². The van der Waals surface area contributed by atoms with Crippen molar-refractivity contribution >= 4 is 107 Å². The van der Waals surface area contributed by atoms with Gasteiger partial charge in [0.1, 0.15) is 10.9 Å². The molecule has 0 radical (unpaired) electrons. The molecule has 0 spiro atoms. The maximum absolute atomic E-state index is 12.9. The minimum absolute atomic E-state index is 0.242. The molecule has 7 aromatic carbocycles. The number of nitrogens with zero attached hydrogens (tertiary/aromatic N) is 2. The quantitative estimate of drug-likeness (QED) is 0.105. The van der Waals surface area contributed by atoms with Crippen LogP contribution in [0.25, 0.3) is 71.9 Å². The lowest BCUT2D eigenvalue weighted by atomic mass is 10.0. The Morgan fingerprint density at radius 2 is 1.04 bits per heavy atom. The number of carbonyl (C=O) groups is 2. The highest BCUT2D eigenvalue weighted by atomic mass is 32.2. The summed E-state index contributed by atoms with van der Waals surface area (Å²) in [6.45, 7) is -0.456. The van der Waals surface area contributed by atoms with Gasteiger partial charge in [-0.1, -0.05) is 121 Å². The van der Waals surface area contributed by atoms with Crippen LogP contribution in [0.4, 0.5) is 17.1 Å². The molecule has 1 saturated heterocycles. The van der Waals surface area contributed by atoms with Gasteiger partial charge in [0.25, 0.3) is 5.91 Å². The summed E-state index contributed by atoms with van der Waals surface area (Å²) in [5.74, 6) is -1.51. The molecule has 3 heterocycles. The minimum Gasteiger partial charge on any atom is -0.480 e. The number of amides is 1. The number of thioether (sulfide) groups is 1. The fourth-order valence-corrected chi connectivity index (χ4v) is 9.02. The number of para-hydroxylation sites is 2. The second kappa shape index (κ2) is 14.0. The van der Waals surface area contributed by atoms with E-state index in [0.29, 0.717) is 4.91 Å². The highest BCUT2D eigenvalue weighted by Crippen LogP contribution is 2.39. The Kier molecular flexibility index (Phi) is 8.47. The summed E-state index contributed by atoms with van der Waals surface area (Å²) in [6.07, 6.45) is 1.76. The summed E-state index contributed by atoms with van der Waals surface area (Å²) in [4.78, 5) is 35.1. The number of aromatic nitrogens is 2. The maximum Gasteiger partial charge on any atom is 0.323 e. The van der Waals surface area contributed by atoms with Crippen LogP contribution in [-0.2, 0) is 9.59 Å². The van der Waals surface area contributed by atoms with Gasteiger partial charge >= 0.3 is 5.97 Å². The van der Waals surface area contributed by atoms with Gasteiger partial charge in [-0.3, -0.25) is 14.5 Å². The van der Waals surface area contributed by atoms with E-state index in [2.05, 4.69) is 136 Å². The van der Waals surface area contributed by atoms with Crippen LogP contribution in [0.2, 0.25) is 0 Å². The predicted octanol–water partition coefficient (Wildman–Crippen LogP) is 12.0. The van der Waals surface area contributed by atoms with Gasteiger partial charge in [-0.15, -0.1) is 0 Å². The number of nitrogens with one attached hydrogen (secondary N) is 2. The molecule has 1 amide bonds. The van der Waals surface area contributed by atoms with Gasteiger partial charge in [0.15, 0.2) is 0 Å². The number of carbonyl (C=O) groups excluding carboxylic acids is 1. The molecule has 3 N–H and O–H groups in total. The van der Waals surface area contributed by atoms with Crippen molar-refractivity contribution in [2.75, 3.05) is 11.4 Å². The number of hydrogen-bond donors (Lipinski definition) is 3. The van der Waals surface area contributed by atoms with Gasteiger partial charge in [-0.25, -0.2) is 0 Å². The molecule has 1 aliphatic rings. The number of fused-ring (bicyclic) bond motifs is 6. The lowest BCUT2D eigenvalue weighted by Gasteiger charge is -2.26. The van der Waals surface area contributed by atoms with Crippen molar-refractivity contribution in [2.45, 2.75) is 0 Å². The van der Waals surface area contributed by atoms with E-state index < -0.39 is 18.4 Å². The molecule has 9 aromatic rings. The molecule has 0 atom stereocenters. The van der Waals surface area contributed by atoms with Crippen molar-refractivity contribution in [1.82, 2.24) is 14.9 Å². The number of carboxylic acid groups (broad SMARTS) is 1. The summed E-state index contributed by atoms with van der Waals surface area (Å²) >= 11 is 6.41. The first-order valence-electron chi connectivity index (χ1n) is 18.5. The maximum atomic E-state index is 12.9. The van der Waals surface area contributed by atoms with Gasteiger partial charge in [0.2, 0.25) is 0 Å². The summed E-state index contributed by atoms with van der Waals surface area (Å²) in [6, 6.07) is 55.1. The van der Waals surface area contributed by atoms with Crippen molar-refractivity contribution < 1.29 is 14.7 Å². The topological polar surface area (TPSA) is 92.4 Å². The van der Waals surface area contributed by atoms with E-state index in [4.69, 9.17) is 12.2 Å². The van der Waals surface area contributed by atoms with Crippen LogP contribution in [-0.4, -0.2) is 42.7 Å². The molecule has 274 valence electrons. The molecule has 1 aliphatic heterocycles. The Labute approximate surface area is 336 Å². The molecule has 2 aromatic heterocycles. The van der Waals surface area contributed by atoms with E-state index in [1.165, 1.54) is 21.5 Å². The van der Waals surface area contributed by atoms with Crippen LogP contribution in [0.15, 0.2) is 163 Å². The van der Waals surface area contributed by atoms with Gasteiger partial charge in [-0.2, -0.15) is 0 Å². The lowest BCUT2D eigenvalue weighted by molar-refractivity contribution is -0.140. The number of carboxylic acids is 1. The molecule has 9 heteroatoms. The summed E-state index contributed by atoms with van der Waals surface area (Å²) < 4.78 is 0.242. The zero-order valence-corrected chi connectivity index (χ0v) is 31.9. The first kappa shape index (κ1) is 34.5. The third-order valence-corrected chi connectivity index (χ3v) is 11.9. The highest BCUT2D eigenvalue weighted by Gasteiger charge is 2.33. The van der Waals surface area contributed by atoms with Gasteiger partial charge < -0.3 is 20.0 Å². The molecule has 0 aliphatic carbocycles. The van der Waals surface area contributed by atoms with E-state index >= 15 is 0 Å². The zero-order chi connectivity index (χ0) is 38.6. The van der Waals surface area contributed by atoms with Crippen molar-refractivity contribution in [3.8, 4) is 22.3 Å². The molecule has 1 fully saturated rings. The first-order valence-corrected chi connectivity index (χ1v) is 19.7. The van der Waals surface area contributed by atoms with Crippen LogP contribution in [0.3, 0.4) is 0 Å². The summed E-state index contributed by atoms with van der Waals surface area (Å²) in [7, 11) is 0. The Bertz CT molecular complexity index is 2930. The molecular weight excluding hydrogens is 745 g/mol. The monoisotopic (exact) mass is 776 g/mol. The van der Waals surface area contributed by atoms with Crippen molar-refractivity contribution in [2.24, 2.45) is 0 Å². The Morgan fingerprint density at radius 3 is 1.53 bits per heavy atom. The molecule has 10 rings (SSSR count). The number of anilines is 3. The molecule has 0 saturated carbocycles. The van der Waals surface area contributed by atoms with Crippen LogP contribution in [0.5, 0.6) is 0 Å². The third-order valence-electron chi connectivity index (χ3n) is 10.5. The van der Waals surface area contributed by atoms with Crippen molar-refractivity contribution in [3.63, 3.8) is 0 Å². The fraction of sp³-hybridized carbons (Fsp3) is 0.0208. The average Bonchev–Trinajstić information content (AvgIpc) is 3.88. The van der Waals surface area contributed by atoms with Crippen LogP contribution >= 0.6 is 24.0 Å². The fourth-order valence-electron chi connectivity index (χ4n) is 7.76. The predicted molar refractivity (Wildman–Crippen MR) is 238 cm³/mol. The molecular formula is C48H32N4O3S2. The first-order chi connectivity index (χ1) is 27.9. The Balaban J connectivity index is 0.991. The number of benzene rings is 7. The highest BCUT2D eigenvalue weighted by molar-refractivity contribution is 8.26. The summed E-state index contributed by atoms with van der Waals surface area (Å²) in [5, 5.41) is 14.1. The molecule has 0 bridgehead atoms. The number of rotatable bonds is 8. The normalized spacial score (nSPS) is 13.8.